The summed E-state index contributed by atoms with van der Waals surface area (Å²) < 4.78 is 0. The molecule has 1 aliphatic rings. The average molecular weight is 255 g/mol. The molecule has 1 fully saturated rings. The molecule has 1 rings (SSSR count). The van der Waals surface area contributed by atoms with Gasteiger partial charge in [-0.2, -0.15) is 0 Å². The van der Waals surface area contributed by atoms with Gasteiger partial charge in [0.1, 0.15) is 6.04 Å². The maximum absolute atomic E-state index is 12.1. The van der Waals surface area contributed by atoms with Crippen LogP contribution in [0.25, 0.3) is 0 Å². The summed E-state index contributed by atoms with van der Waals surface area (Å²) in [5.74, 6) is -0.407. The highest BCUT2D eigenvalue weighted by molar-refractivity contribution is 5.88. The Kier molecular flexibility index (Phi) is 5.14. The fourth-order valence-corrected chi connectivity index (χ4v) is 2.22. The minimum absolute atomic E-state index is 0.0518. The molecule has 1 saturated heterocycles. The zero-order chi connectivity index (χ0) is 13.8. The number of hydrogen-bond acceptors (Lipinski definition) is 3. The molecule has 0 bridgehead atoms. The van der Waals surface area contributed by atoms with Crippen molar-refractivity contribution in [3.63, 3.8) is 0 Å². The van der Waals surface area contributed by atoms with Gasteiger partial charge in [0.05, 0.1) is 5.92 Å². The van der Waals surface area contributed by atoms with E-state index in [9.17, 15) is 9.59 Å². The smallest absolute Gasteiger partial charge is 0.242 e. The number of hydrogen-bond donors (Lipinski definition) is 3. The maximum atomic E-state index is 12.1. The van der Waals surface area contributed by atoms with E-state index >= 15 is 0 Å². The van der Waals surface area contributed by atoms with Gasteiger partial charge in [0.2, 0.25) is 11.8 Å². The van der Waals surface area contributed by atoms with E-state index in [-0.39, 0.29) is 29.2 Å². The van der Waals surface area contributed by atoms with Crippen LogP contribution < -0.4 is 16.4 Å². The van der Waals surface area contributed by atoms with E-state index < -0.39 is 0 Å². The van der Waals surface area contributed by atoms with Crippen LogP contribution in [0.5, 0.6) is 0 Å². The number of amides is 2. The molecule has 0 radical (unpaired) electrons. The molecule has 2 unspecified atom stereocenters. The Labute approximate surface area is 109 Å². The van der Waals surface area contributed by atoms with Gasteiger partial charge in [-0.1, -0.05) is 20.8 Å². The highest BCUT2D eigenvalue weighted by Gasteiger charge is 2.28. The summed E-state index contributed by atoms with van der Waals surface area (Å²) in [4.78, 5) is 23.7. The van der Waals surface area contributed by atoms with Crippen molar-refractivity contribution in [1.29, 1.82) is 0 Å². The lowest BCUT2D eigenvalue weighted by Crippen LogP contribution is -2.52. The molecule has 2 atom stereocenters. The SMILES string of the molecule is CC(C)(C)CC(CN)C(=O)NC1CCCNC1=O. The number of nitrogens with two attached hydrogens (primary N) is 1. The zero-order valence-corrected chi connectivity index (χ0v) is 11.6. The molecule has 0 spiro atoms. The van der Waals surface area contributed by atoms with Gasteiger partial charge in [0.25, 0.3) is 0 Å². The van der Waals surface area contributed by atoms with Crippen molar-refractivity contribution in [3.05, 3.63) is 0 Å². The molecule has 0 aromatic rings. The first-order valence-corrected chi connectivity index (χ1v) is 6.61. The van der Waals surface area contributed by atoms with E-state index in [0.717, 1.165) is 12.8 Å². The summed E-state index contributed by atoms with van der Waals surface area (Å²) in [7, 11) is 0. The third-order valence-corrected chi connectivity index (χ3v) is 3.12. The molecule has 0 aromatic carbocycles. The van der Waals surface area contributed by atoms with Gasteiger partial charge in [0, 0.05) is 13.1 Å². The highest BCUT2D eigenvalue weighted by Crippen LogP contribution is 2.24. The predicted octanol–water partition coefficient (Wildman–Crippen LogP) is 0.392. The summed E-state index contributed by atoms with van der Waals surface area (Å²) in [6.45, 7) is 7.26. The van der Waals surface area contributed by atoms with Crippen molar-refractivity contribution >= 4 is 11.8 Å². The first-order valence-electron chi connectivity index (χ1n) is 6.61. The number of rotatable bonds is 4. The molecule has 0 aliphatic carbocycles. The number of nitrogens with one attached hydrogen (secondary N) is 2. The number of piperidine rings is 1. The molecule has 0 aromatic heterocycles. The van der Waals surface area contributed by atoms with Crippen LogP contribution in [0, 0.1) is 11.3 Å². The quantitative estimate of drug-likeness (QED) is 0.679. The van der Waals surface area contributed by atoms with Crippen LogP contribution in [0.3, 0.4) is 0 Å². The molecule has 4 N–H and O–H groups in total. The van der Waals surface area contributed by atoms with E-state index in [1.165, 1.54) is 0 Å². The van der Waals surface area contributed by atoms with E-state index in [0.29, 0.717) is 19.5 Å². The van der Waals surface area contributed by atoms with Gasteiger partial charge >= 0.3 is 0 Å². The highest BCUT2D eigenvalue weighted by atomic mass is 16.2. The molecule has 5 heteroatoms. The molecule has 1 aliphatic heterocycles. The van der Waals surface area contributed by atoms with Gasteiger partial charge in [-0.15, -0.1) is 0 Å². The number of carbonyl (C=O) groups is 2. The van der Waals surface area contributed by atoms with Crippen molar-refractivity contribution < 1.29 is 9.59 Å². The molecule has 2 amide bonds. The van der Waals surface area contributed by atoms with Crippen LogP contribution in [-0.2, 0) is 9.59 Å². The van der Waals surface area contributed by atoms with Gasteiger partial charge in [-0.25, -0.2) is 0 Å². The summed E-state index contributed by atoms with van der Waals surface area (Å²) in [5, 5.41) is 5.57. The second-order valence-corrected chi connectivity index (χ2v) is 6.19. The fourth-order valence-electron chi connectivity index (χ4n) is 2.22. The first-order chi connectivity index (χ1) is 8.33. The maximum Gasteiger partial charge on any atom is 0.242 e. The molecule has 0 saturated carbocycles. The van der Waals surface area contributed by atoms with E-state index in [2.05, 4.69) is 31.4 Å². The Morgan fingerprint density at radius 1 is 1.56 bits per heavy atom. The lowest BCUT2D eigenvalue weighted by molar-refractivity contribution is -0.132. The Morgan fingerprint density at radius 2 is 2.22 bits per heavy atom. The first kappa shape index (κ1) is 15.0. The van der Waals surface area contributed by atoms with E-state index in [1.54, 1.807) is 0 Å². The lowest BCUT2D eigenvalue weighted by atomic mass is 9.84. The molecule has 5 nitrogen and oxygen atoms in total. The summed E-state index contributed by atoms with van der Waals surface area (Å²) in [6, 6.07) is -0.389. The topological polar surface area (TPSA) is 84.2 Å². The van der Waals surface area contributed by atoms with Crippen LogP contribution in [-0.4, -0.2) is 30.9 Å². The summed E-state index contributed by atoms with van der Waals surface area (Å²) >= 11 is 0. The number of carbonyl (C=O) groups excluding carboxylic acids is 2. The van der Waals surface area contributed by atoms with Crippen molar-refractivity contribution in [3.8, 4) is 0 Å². The summed E-state index contributed by atoms with van der Waals surface area (Å²) in [6.07, 6.45) is 2.34. The molecule has 104 valence electrons. The third kappa shape index (κ3) is 4.64. The van der Waals surface area contributed by atoms with Crippen LogP contribution in [0.2, 0.25) is 0 Å². The largest absolute Gasteiger partial charge is 0.354 e. The standard InChI is InChI=1S/C13H25N3O2/c1-13(2,3)7-9(8-14)11(17)16-10-5-4-6-15-12(10)18/h9-10H,4-8,14H2,1-3H3,(H,15,18)(H,16,17). The predicted molar refractivity (Wildman–Crippen MR) is 70.8 cm³/mol. The Bertz CT molecular complexity index is 310. The monoisotopic (exact) mass is 255 g/mol. The Morgan fingerprint density at radius 3 is 2.72 bits per heavy atom. The van der Waals surface area contributed by atoms with Crippen molar-refractivity contribution in [1.82, 2.24) is 10.6 Å². The zero-order valence-electron chi connectivity index (χ0n) is 11.6. The molecule has 1 heterocycles. The van der Waals surface area contributed by atoms with Crippen LogP contribution in [0.1, 0.15) is 40.0 Å². The second-order valence-electron chi connectivity index (χ2n) is 6.19. The van der Waals surface area contributed by atoms with Gasteiger partial charge in [-0.3, -0.25) is 9.59 Å². The second kappa shape index (κ2) is 6.18. The molecule has 18 heavy (non-hydrogen) atoms. The van der Waals surface area contributed by atoms with Crippen molar-refractivity contribution in [2.45, 2.75) is 46.1 Å². The van der Waals surface area contributed by atoms with E-state index in [4.69, 9.17) is 5.73 Å². The lowest BCUT2D eigenvalue weighted by Gasteiger charge is -2.28. The minimum Gasteiger partial charge on any atom is -0.354 e. The van der Waals surface area contributed by atoms with Crippen molar-refractivity contribution in [2.75, 3.05) is 13.1 Å². The van der Waals surface area contributed by atoms with Crippen molar-refractivity contribution in [2.24, 2.45) is 17.1 Å². The summed E-state index contributed by atoms with van der Waals surface area (Å²) in [5.41, 5.74) is 5.71. The Balaban J connectivity index is 2.53. The average Bonchev–Trinajstić information content (AvgIpc) is 2.27. The van der Waals surface area contributed by atoms with Gasteiger partial charge < -0.3 is 16.4 Å². The molecular formula is C13H25N3O2. The molecular weight excluding hydrogens is 230 g/mol. The van der Waals surface area contributed by atoms with Crippen LogP contribution >= 0.6 is 0 Å². The fraction of sp³-hybridized carbons (Fsp3) is 0.846. The normalized spacial score (nSPS) is 22.2. The Hall–Kier alpha value is -1.10. The van der Waals surface area contributed by atoms with Gasteiger partial charge in [-0.05, 0) is 24.7 Å². The van der Waals surface area contributed by atoms with Crippen LogP contribution in [0.4, 0.5) is 0 Å². The van der Waals surface area contributed by atoms with E-state index in [1.807, 2.05) is 0 Å². The van der Waals surface area contributed by atoms with Gasteiger partial charge in [0.15, 0.2) is 0 Å². The third-order valence-electron chi connectivity index (χ3n) is 3.12. The minimum atomic E-state index is -0.389. The van der Waals surface area contributed by atoms with Crippen LogP contribution in [0.15, 0.2) is 0 Å².